The lowest BCUT2D eigenvalue weighted by Crippen LogP contribution is -2.50. The van der Waals surface area contributed by atoms with Gasteiger partial charge in [-0.15, -0.1) is 0 Å². The van der Waals surface area contributed by atoms with Crippen LogP contribution in [0.4, 0.5) is 0 Å². The van der Waals surface area contributed by atoms with E-state index in [-0.39, 0.29) is 12.3 Å². The number of carbonyl (C=O) groups excluding carboxylic acids is 1. The van der Waals surface area contributed by atoms with Crippen molar-refractivity contribution in [2.45, 2.75) is 38.6 Å². The minimum atomic E-state index is -0.901. The molecule has 2 aliphatic rings. The molecule has 3 rings (SSSR count). The molecule has 0 aliphatic carbocycles. The molecule has 1 aromatic rings. The Bertz CT molecular complexity index is 598. The maximum atomic E-state index is 12.5. The van der Waals surface area contributed by atoms with E-state index >= 15 is 0 Å². The number of piperidine rings is 1. The average Bonchev–Trinajstić information content (AvgIpc) is 2.94. The Morgan fingerprint density at radius 1 is 1.41 bits per heavy atom. The summed E-state index contributed by atoms with van der Waals surface area (Å²) in [4.78, 5) is 25.5. The van der Waals surface area contributed by atoms with Gasteiger partial charge in [-0.25, -0.2) is 4.79 Å². The van der Waals surface area contributed by atoms with Gasteiger partial charge in [-0.2, -0.15) is 0 Å². The third-order valence-corrected chi connectivity index (χ3v) is 4.58. The summed E-state index contributed by atoms with van der Waals surface area (Å²) in [6, 6.07) is 5.11. The molecule has 1 amide bonds. The van der Waals surface area contributed by atoms with Crippen LogP contribution in [0, 0.1) is 5.92 Å². The highest BCUT2D eigenvalue weighted by molar-refractivity contribution is 5.85. The van der Waals surface area contributed by atoms with Crippen molar-refractivity contribution in [2.24, 2.45) is 5.92 Å². The summed E-state index contributed by atoms with van der Waals surface area (Å²) in [5, 5.41) is 9.36. The van der Waals surface area contributed by atoms with E-state index in [0.29, 0.717) is 25.5 Å². The smallest absolute Gasteiger partial charge is 0.326 e. The minimum Gasteiger partial charge on any atom is -0.493 e. The predicted octanol–water partition coefficient (Wildman–Crippen LogP) is 1.88. The number of aliphatic carboxylic acids is 1. The first-order valence-electron chi connectivity index (χ1n) is 7.81. The fraction of sp³-hybridized carbons (Fsp3) is 0.529. The van der Waals surface area contributed by atoms with Gasteiger partial charge in [-0.3, -0.25) is 4.79 Å². The molecule has 0 spiro atoms. The second-order valence-electron chi connectivity index (χ2n) is 6.29. The summed E-state index contributed by atoms with van der Waals surface area (Å²) in [5.41, 5.74) is 2.06. The molecule has 0 saturated carbocycles. The van der Waals surface area contributed by atoms with Crippen molar-refractivity contribution in [1.29, 1.82) is 0 Å². The van der Waals surface area contributed by atoms with E-state index in [1.807, 2.05) is 25.1 Å². The average molecular weight is 303 g/mol. The zero-order chi connectivity index (χ0) is 15.7. The molecule has 22 heavy (non-hydrogen) atoms. The fourth-order valence-electron chi connectivity index (χ4n) is 3.30. The Balaban J connectivity index is 1.71. The van der Waals surface area contributed by atoms with Crippen LogP contribution < -0.4 is 4.74 Å². The van der Waals surface area contributed by atoms with Crippen molar-refractivity contribution in [1.82, 2.24) is 4.90 Å². The number of nitrogens with zero attached hydrogens (tertiary/aromatic N) is 1. The van der Waals surface area contributed by atoms with Gasteiger partial charge >= 0.3 is 5.97 Å². The van der Waals surface area contributed by atoms with Crippen LogP contribution in [-0.4, -0.2) is 41.1 Å². The zero-order valence-electron chi connectivity index (χ0n) is 12.7. The van der Waals surface area contributed by atoms with Gasteiger partial charge in [-0.05, 0) is 36.0 Å². The lowest BCUT2D eigenvalue weighted by atomic mass is 9.92. The first kappa shape index (κ1) is 14.9. The number of rotatable bonds is 3. The van der Waals surface area contributed by atoms with Gasteiger partial charge in [0.15, 0.2) is 0 Å². The maximum absolute atomic E-state index is 12.5. The van der Waals surface area contributed by atoms with E-state index in [1.54, 1.807) is 0 Å². The number of carboxylic acid groups (broad SMARTS) is 1. The Morgan fingerprint density at radius 3 is 3.00 bits per heavy atom. The second kappa shape index (κ2) is 5.99. The molecular weight excluding hydrogens is 282 g/mol. The number of hydrogen-bond acceptors (Lipinski definition) is 3. The predicted molar refractivity (Wildman–Crippen MR) is 80.9 cm³/mol. The van der Waals surface area contributed by atoms with Crippen LogP contribution in [0.2, 0.25) is 0 Å². The van der Waals surface area contributed by atoms with E-state index in [4.69, 9.17) is 4.74 Å². The van der Waals surface area contributed by atoms with Crippen molar-refractivity contribution in [3.63, 3.8) is 0 Å². The summed E-state index contributed by atoms with van der Waals surface area (Å²) >= 11 is 0. The molecule has 0 aromatic heterocycles. The van der Waals surface area contributed by atoms with Crippen molar-refractivity contribution in [3.8, 4) is 5.75 Å². The first-order valence-corrected chi connectivity index (χ1v) is 7.81. The quantitative estimate of drug-likeness (QED) is 0.926. The number of ether oxygens (including phenoxy) is 1. The van der Waals surface area contributed by atoms with Crippen LogP contribution in [-0.2, 0) is 22.4 Å². The largest absolute Gasteiger partial charge is 0.493 e. The molecule has 0 bridgehead atoms. The SMILES string of the molecule is CC1CCN(C(=O)Cc2ccc3c(c2)CCO3)C(C(=O)O)C1. The molecule has 0 radical (unpaired) electrons. The van der Waals surface area contributed by atoms with Gasteiger partial charge in [0.1, 0.15) is 11.8 Å². The highest BCUT2D eigenvalue weighted by atomic mass is 16.5. The summed E-state index contributed by atoms with van der Waals surface area (Å²) in [7, 11) is 0. The zero-order valence-corrected chi connectivity index (χ0v) is 12.7. The number of amides is 1. The Kier molecular flexibility index (Phi) is 4.05. The van der Waals surface area contributed by atoms with Crippen LogP contribution in [0.3, 0.4) is 0 Å². The number of benzene rings is 1. The molecule has 5 nitrogen and oxygen atoms in total. The third-order valence-electron chi connectivity index (χ3n) is 4.58. The molecule has 2 atom stereocenters. The lowest BCUT2D eigenvalue weighted by molar-refractivity contribution is -0.152. The number of carboxylic acids is 1. The number of hydrogen-bond donors (Lipinski definition) is 1. The minimum absolute atomic E-state index is 0.0989. The standard InChI is InChI=1S/C17H21NO4/c1-11-4-6-18(14(8-11)17(20)21)16(19)10-12-2-3-15-13(9-12)5-7-22-15/h2-3,9,11,14H,4-8,10H2,1H3,(H,20,21). The first-order chi connectivity index (χ1) is 10.5. The van der Waals surface area contributed by atoms with Crippen LogP contribution >= 0.6 is 0 Å². The lowest BCUT2D eigenvalue weighted by Gasteiger charge is -2.36. The number of likely N-dealkylation sites (tertiary alicyclic amines) is 1. The molecule has 1 N–H and O–H groups in total. The molecule has 5 heteroatoms. The molecule has 1 aromatic carbocycles. The number of fused-ring (bicyclic) bond motifs is 1. The van der Waals surface area contributed by atoms with E-state index in [2.05, 4.69) is 0 Å². The van der Waals surface area contributed by atoms with Crippen molar-refractivity contribution < 1.29 is 19.4 Å². The topological polar surface area (TPSA) is 66.8 Å². The van der Waals surface area contributed by atoms with E-state index < -0.39 is 12.0 Å². The summed E-state index contributed by atoms with van der Waals surface area (Å²) in [5.74, 6) is 0.245. The molecule has 2 aliphatic heterocycles. The van der Waals surface area contributed by atoms with Gasteiger partial charge in [0.05, 0.1) is 13.0 Å². The van der Waals surface area contributed by atoms with Crippen molar-refractivity contribution in [2.75, 3.05) is 13.2 Å². The van der Waals surface area contributed by atoms with E-state index in [0.717, 1.165) is 29.7 Å². The van der Waals surface area contributed by atoms with Gasteiger partial charge < -0.3 is 14.7 Å². The highest BCUT2D eigenvalue weighted by Crippen LogP contribution is 2.27. The van der Waals surface area contributed by atoms with Crippen LogP contribution in [0.1, 0.15) is 30.9 Å². The van der Waals surface area contributed by atoms with Gasteiger partial charge in [-0.1, -0.05) is 19.1 Å². The Morgan fingerprint density at radius 2 is 2.23 bits per heavy atom. The molecule has 118 valence electrons. The van der Waals surface area contributed by atoms with Gasteiger partial charge in [0.25, 0.3) is 0 Å². The van der Waals surface area contributed by atoms with Crippen molar-refractivity contribution in [3.05, 3.63) is 29.3 Å². The number of carbonyl (C=O) groups is 2. The summed E-state index contributed by atoms with van der Waals surface area (Å²) in [6.07, 6.45) is 2.54. The monoisotopic (exact) mass is 303 g/mol. The third kappa shape index (κ3) is 2.93. The molecule has 1 saturated heterocycles. The fourth-order valence-corrected chi connectivity index (χ4v) is 3.30. The maximum Gasteiger partial charge on any atom is 0.326 e. The van der Waals surface area contributed by atoms with Crippen LogP contribution in [0.5, 0.6) is 5.75 Å². The van der Waals surface area contributed by atoms with E-state index in [9.17, 15) is 14.7 Å². The second-order valence-corrected chi connectivity index (χ2v) is 6.29. The Hall–Kier alpha value is -2.04. The normalized spacial score (nSPS) is 23.8. The molecule has 2 heterocycles. The van der Waals surface area contributed by atoms with E-state index in [1.165, 1.54) is 4.90 Å². The summed E-state index contributed by atoms with van der Waals surface area (Å²) in [6.45, 7) is 3.26. The molecule has 1 fully saturated rings. The summed E-state index contributed by atoms with van der Waals surface area (Å²) < 4.78 is 5.46. The molecule has 2 unspecified atom stereocenters. The van der Waals surface area contributed by atoms with Crippen LogP contribution in [0.15, 0.2) is 18.2 Å². The van der Waals surface area contributed by atoms with Gasteiger partial charge in [0.2, 0.25) is 5.91 Å². The molecular formula is C17H21NO4. The van der Waals surface area contributed by atoms with Gasteiger partial charge in [0, 0.05) is 13.0 Å². The Labute approximate surface area is 129 Å². The van der Waals surface area contributed by atoms with Crippen LogP contribution in [0.25, 0.3) is 0 Å². The van der Waals surface area contributed by atoms with Crippen molar-refractivity contribution >= 4 is 11.9 Å². The highest BCUT2D eigenvalue weighted by Gasteiger charge is 2.34.